The number of nitrogens with one attached hydrogen (secondary N) is 1. The Kier molecular flexibility index (Phi) is 6.66. The van der Waals surface area contributed by atoms with Crippen LogP contribution in [0.25, 0.3) is 0 Å². The average molecular weight is 412 g/mol. The number of ether oxygens (including phenoxy) is 1. The molecule has 0 aromatic heterocycles. The third-order valence-electron chi connectivity index (χ3n) is 3.49. The molecule has 0 aliphatic carbocycles. The first-order valence-corrected chi connectivity index (χ1v) is 8.63. The summed E-state index contributed by atoms with van der Waals surface area (Å²) in [4.78, 5) is 14.1. The van der Waals surface area contributed by atoms with E-state index in [2.05, 4.69) is 21.2 Å². The van der Waals surface area contributed by atoms with E-state index in [4.69, 9.17) is 16.3 Å². The summed E-state index contributed by atoms with van der Waals surface area (Å²) < 4.78 is 6.21. The van der Waals surface area contributed by atoms with Crippen molar-refractivity contribution in [3.63, 3.8) is 0 Å². The molecule has 1 amide bonds. The first-order valence-electron chi connectivity index (χ1n) is 7.46. The zero-order chi connectivity index (χ0) is 17.7. The third kappa shape index (κ3) is 5.23. The summed E-state index contributed by atoms with van der Waals surface area (Å²) >= 11 is 9.50. The zero-order valence-electron chi connectivity index (χ0n) is 13.9. The maximum Gasteiger partial charge on any atom is 0.238 e. The number of aryl methyl sites for hydroxylation is 1. The number of rotatable bonds is 6. The molecule has 0 saturated heterocycles. The fourth-order valence-corrected chi connectivity index (χ4v) is 3.16. The Bertz CT molecular complexity index is 737. The van der Waals surface area contributed by atoms with Gasteiger partial charge < -0.3 is 10.1 Å². The van der Waals surface area contributed by atoms with Crippen LogP contribution in [0.4, 0.5) is 5.69 Å². The fraction of sp³-hybridized carbons (Fsp3) is 0.278. The smallest absolute Gasteiger partial charge is 0.238 e. The van der Waals surface area contributed by atoms with Gasteiger partial charge >= 0.3 is 0 Å². The number of anilines is 1. The number of methoxy groups -OCH3 is 1. The molecule has 2 aromatic carbocycles. The van der Waals surface area contributed by atoms with Gasteiger partial charge in [-0.25, -0.2) is 0 Å². The number of carbonyl (C=O) groups excluding carboxylic acids is 1. The molecular weight excluding hydrogens is 392 g/mol. The van der Waals surface area contributed by atoms with Crippen molar-refractivity contribution in [2.45, 2.75) is 13.5 Å². The lowest BCUT2D eigenvalue weighted by Gasteiger charge is -2.18. The summed E-state index contributed by atoms with van der Waals surface area (Å²) in [6, 6.07) is 11.3. The summed E-state index contributed by atoms with van der Waals surface area (Å²) in [5.74, 6) is 0.677. The van der Waals surface area contributed by atoms with Gasteiger partial charge in [-0.2, -0.15) is 0 Å². The predicted molar refractivity (Wildman–Crippen MR) is 102 cm³/mol. The molecular formula is C18H20BrClN2O2. The second-order valence-electron chi connectivity index (χ2n) is 5.66. The molecule has 0 spiro atoms. The standard InChI is InChI=1S/C18H20BrClN2O2/c1-12-4-6-16(15(19)8-12)21-18(23)11-22(2)10-13-9-14(20)5-7-17(13)24-3/h4-9H,10-11H2,1-3H3,(H,21,23). The van der Waals surface area contributed by atoms with E-state index in [0.717, 1.165) is 27.0 Å². The topological polar surface area (TPSA) is 41.6 Å². The predicted octanol–water partition coefficient (Wildman–Crippen LogP) is 4.49. The lowest BCUT2D eigenvalue weighted by molar-refractivity contribution is -0.117. The molecule has 0 aliphatic rings. The quantitative estimate of drug-likeness (QED) is 0.761. The van der Waals surface area contributed by atoms with Crippen molar-refractivity contribution in [1.82, 2.24) is 4.90 Å². The summed E-state index contributed by atoms with van der Waals surface area (Å²) in [6.45, 7) is 2.82. The van der Waals surface area contributed by atoms with E-state index in [9.17, 15) is 4.79 Å². The number of carbonyl (C=O) groups is 1. The normalized spacial score (nSPS) is 10.8. The number of hydrogen-bond donors (Lipinski definition) is 1. The maximum absolute atomic E-state index is 12.2. The van der Waals surface area contributed by atoms with Crippen LogP contribution < -0.4 is 10.1 Å². The first-order chi connectivity index (χ1) is 11.4. The van der Waals surface area contributed by atoms with Crippen molar-refractivity contribution in [2.24, 2.45) is 0 Å². The minimum atomic E-state index is -0.0805. The SMILES string of the molecule is COc1ccc(Cl)cc1CN(C)CC(=O)Nc1ccc(C)cc1Br. The summed E-state index contributed by atoms with van der Waals surface area (Å²) in [7, 11) is 3.50. The van der Waals surface area contributed by atoms with Gasteiger partial charge in [-0.3, -0.25) is 9.69 Å². The molecule has 0 heterocycles. The van der Waals surface area contributed by atoms with Crippen LogP contribution >= 0.6 is 27.5 Å². The number of nitrogens with zero attached hydrogens (tertiary/aromatic N) is 1. The second-order valence-corrected chi connectivity index (χ2v) is 6.95. The van der Waals surface area contributed by atoms with Gasteiger partial charge in [-0.15, -0.1) is 0 Å². The van der Waals surface area contributed by atoms with Crippen LogP contribution in [-0.2, 0) is 11.3 Å². The van der Waals surface area contributed by atoms with E-state index in [1.807, 2.05) is 49.2 Å². The van der Waals surface area contributed by atoms with Crippen LogP contribution in [0.2, 0.25) is 5.02 Å². The van der Waals surface area contributed by atoms with Crippen LogP contribution in [0.15, 0.2) is 40.9 Å². The van der Waals surface area contributed by atoms with Gasteiger partial charge in [-0.05, 0) is 65.8 Å². The summed E-state index contributed by atoms with van der Waals surface area (Å²) in [6.07, 6.45) is 0. The third-order valence-corrected chi connectivity index (χ3v) is 4.39. The molecule has 6 heteroatoms. The largest absolute Gasteiger partial charge is 0.496 e. The van der Waals surface area contributed by atoms with Crippen LogP contribution in [0.5, 0.6) is 5.75 Å². The molecule has 2 aromatic rings. The summed E-state index contributed by atoms with van der Waals surface area (Å²) in [5.41, 5.74) is 2.83. The van der Waals surface area contributed by atoms with Crippen molar-refractivity contribution >= 4 is 39.1 Å². The van der Waals surface area contributed by atoms with Crippen molar-refractivity contribution in [1.29, 1.82) is 0 Å². The van der Waals surface area contributed by atoms with Gasteiger partial charge in [-0.1, -0.05) is 17.7 Å². The van der Waals surface area contributed by atoms with Gasteiger partial charge in [0.15, 0.2) is 0 Å². The van der Waals surface area contributed by atoms with Gasteiger partial charge in [0.1, 0.15) is 5.75 Å². The molecule has 1 N–H and O–H groups in total. The van der Waals surface area contributed by atoms with Gasteiger partial charge in [0.2, 0.25) is 5.91 Å². The molecule has 0 fully saturated rings. The maximum atomic E-state index is 12.2. The van der Waals surface area contributed by atoms with E-state index >= 15 is 0 Å². The van der Waals surface area contributed by atoms with Gasteiger partial charge in [0, 0.05) is 21.6 Å². The van der Waals surface area contributed by atoms with Crippen LogP contribution in [0.3, 0.4) is 0 Å². The molecule has 0 saturated carbocycles. The highest BCUT2D eigenvalue weighted by atomic mass is 79.9. The number of benzene rings is 2. The highest BCUT2D eigenvalue weighted by Gasteiger charge is 2.12. The molecule has 0 atom stereocenters. The molecule has 128 valence electrons. The fourth-order valence-electron chi connectivity index (χ4n) is 2.37. The van der Waals surface area contributed by atoms with Crippen molar-refractivity contribution in [3.8, 4) is 5.75 Å². The van der Waals surface area contributed by atoms with E-state index in [0.29, 0.717) is 11.6 Å². The molecule has 0 aliphatic heterocycles. The van der Waals surface area contributed by atoms with E-state index in [1.165, 1.54) is 0 Å². The highest BCUT2D eigenvalue weighted by molar-refractivity contribution is 9.10. The molecule has 4 nitrogen and oxygen atoms in total. The Hall–Kier alpha value is -1.56. The molecule has 0 unspecified atom stereocenters. The average Bonchev–Trinajstić information content (AvgIpc) is 2.50. The lowest BCUT2D eigenvalue weighted by Crippen LogP contribution is -2.30. The van der Waals surface area contributed by atoms with E-state index in [1.54, 1.807) is 13.2 Å². The molecule has 0 bridgehead atoms. The van der Waals surface area contributed by atoms with Gasteiger partial charge in [0.05, 0.1) is 19.3 Å². The van der Waals surface area contributed by atoms with Crippen molar-refractivity contribution in [2.75, 3.05) is 26.0 Å². The molecule has 0 radical (unpaired) electrons. The highest BCUT2D eigenvalue weighted by Crippen LogP contribution is 2.25. The number of halogens is 2. The van der Waals surface area contributed by atoms with Crippen molar-refractivity contribution in [3.05, 3.63) is 57.0 Å². The van der Waals surface area contributed by atoms with Gasteiger partial charge in [0.25, 0.3) is 0 Å². The second kappa shape index (κ2) is 8.51. The van der Waals surface area contributed by atoms with Crippen LogP contribution in [0.1, 0.15) is 11.1 Å². The molecule has 24 heavy (non-hydrogen) atoms. The van der Waals surface area contributed by atoms with Crippen LogP contribution in [0, 0.1) is 6.92 Å². The minimum absolute atomic E-state index is 0.0805. The van der Waals surface area contributed by atoms with Crippen LogP contribution in [-0.4, -0.2) is 31.5 Å². The number of likely N-dealkylation sites (N-methyl/N-ethyl adjacent to an activating group) is 1. The Labute approximate surface area is 155 Å². The Balaban J connectivity index is 1.98. The Morgan fingerprint density at radius 3 is 2.71 bits per heavy atom. The Morgan fingerprint density at radius 1 is 1.29 bits per heavy atom. The minimum Gasteiger partial charge on any atom is -0.496 e. The van der Waals surface area contributed by atoms with E-state index < -0.39 is 0 Å². The van der Waals surface area contributed by atoms with Crippen molar-refractivity contribution < 1.29 is 9.53 Å². The molecule has 2 rings (SSSR count). The Morgan fingerprint density at radius 2 is 2.04 bits per heavy atom. The zero-order valence-corrected chi connectivity index (χ0v) is 16.2. The number of amides is 1. The number of hydrogen-bond acceptors (Lipinski definition) is 3. The monoisotopic (exact) mass is 410 g/mol. The van der Waals surface area contributed by atoms with E-state index in [-0.39, 0.29) is 12.5 Å². The lowest BCUT2D eigenvalue weighted by atomic mass is 10.2. The first kappa shape index (κ1) is 18.8. The summed E-state index contributed by atoms with van der Waals surface area (Å²) in [5, 5.41) is 3.55.